The number of halogens is 1. The Labute approximate surface area is 171 Å². The lowest BCUT2D eigenvalue weighted by atomic mass is 10.2. The summed E-state index contributed by atoms with van der Waals surface area (Å²) in [4.78, 5) is 4.79. The van der Waals surface area contributed by atoms with Crippen LogP contribution in [-0.2, 0) is 13.5 Å². The lowest BCUT2D eigenvalue weighted by Crippen LogP contribution is -2.07. The van der Waals surface area contributed by atoms with Crippen molar-refractivity contribution in [1.82, 2.24) is 29.8 Å². The van der Waals surface area contributed by atoms with Gasteiger partial charge in [0.25, 0.3) is 0 Å². The number of aromatic nitrogens is 6. The molecule has 3 aromatic carbocycles. The summed E-state index contributed by atoms with van der Waals surface area (Å²) in [5, 5.41) is 11.7. The molecule has 30 heavy (non-hydrogen) atoms. The Morgan fingerprint density at radius 3 is 2.27 bits per heavy atom. The molecular formula is C22H17FN6O. The maximum Gasteiger partial charge on any atom is 0.158 e. The number of tetrazole rings is 1. The van der Waals surface area contributed by atoms with E-state index < -0.39 is 0 Å². The first-order valence-corrected chi connectivity index (χ1v) is 9.39. The van der Waals surface area contributed by atoms with Crippen LogP contribution in [0.2, 0.25) is 0 Å². The molecule has 0 N–H and O–H groups in total. The number of hydrogen-bond acceptors (Lipinski definition) is 5. The molecule has 0 saturated heterocycles. The molecular weight excluding hydrogens is 383 g/mol. The normalized spacial score (nSPS) is 11.1. The fourth-order valence-corrected chi connectivity index (χ4v) is 3.32. The predicted molar refractivity (Wildman–Crippen MR) is 109 cm³/mol. The van der Waals surface area contributed by atoms with Gasteiger partial charge in [0.2, 0.25) is 0 Å². The van der Waals surface area contributed by atoms with Crippen LogP contribution in [0, 0.1) is 5.82 Å². The predicted octanol–water partition coefficient (Wildman–Crippen LogP) is 4.07. The van der Waals surface area contributed by atoms with Gasteiger partial charge < -0.3 is 4.74 Å². The molecule has 0 atom stereocenters. The molecule has 0 spiro atoms. The van der Waals surface area contributed by atoms with Crippen molar-refractivity contribution in [3.8, 4) is 17.2 Å². The van der Waals surface area contributed by atoms with Gasteiger partial charge in [-0.15, -0.1) is 5.10 Å². The minimum absolute atomic E-state index is 0.296. The lowest BCUT2D eigenvalue weighted by Gasteiger charge is -2.11. The van der Waals surface area contributed by atoms with Crippen LogP contribution in [0.1, 0.15) is 11.6 Å². The zero-order valence-corrected chi connectivity index (χ0v) is 16.1. The van der Waals surface area contributed by atoms with Gasteiger partial charge in [-0.05, 0) is 71.1 Å². The monoisotopic (exact) mass is 400 g/mol. The van der Waals surface area contributed by atoms with Crippen molar-refractivity contribution in [2.24, 2.45) is 7.05 Å². The summed E-state index contributed by atoms with van der Waals surface area (Å²) < 4.78 is 22.6. The summed E-state index contributed by atoms with van der Waals surface area (Å²) in [7, 11) is 1.81. The summed E-state index contributed by atoms with van der Waals surface area (Å²) in [5.74, 6) is 2.50. The van der Waals surface area contributed by atoms with Gasteiger partial charge in [0, 0.05) is 12.7 Å². The Balaban J connectivity index is 1.51. The van der Waals surface area contributed by atoms with Crippen LogP contribution in [0.25, 0.3) is 16.7 Å². The first-order valence-electron chi connectivity index (χ1n) is 9.39. The van der Waals surface area contributed by atoms with Gasteiger partial charge in [-0.2, -0.15) is 0 Å². The SMILES string of the molecule is Cn1nnnc1Cc1nc2ccccc2n1-c1ccc(Oc2ccc(F)cc2)cc1. The first kappa shape index (κ1) is 18.0. The minimum Gasteiger partial charge on any atom is -0.457 e. The molecule has 2 heterocycles. The maximum atomic E-state index is 13.1. The van der Waals surface area contributed by atoms with Crippen molar-refractivity contribution in [1.29, 1.82) is 0 Å². The maximum absolute atomic E-state index is 13.1. The smallest absolute Gasteiger partial charge is 0.158 e. The third-order valence-corrected chi connectivity index (χ3v) is 4.80. The Bertz CT molecular complexity index is 1310. The number of para-hydroxylation sites is 2. The molecule has 0 amide bonds. The zero-order chi connectivity index (χ0) is 20.5. The third-order valence-electron chi connectivity index (χ3n) is 4.80. The van der Waals surface area contributed by atoms with Crippen LogP contribution in [0.3, 0.4) is 0 Å². The largest absolute Gasteiger partial charge is 0.457 e. The first-order chi connectivity index (χ1) is 14.7. The van der Waals surface area contributed by atoms with E-state index in [2.05, 4.69) is 20.1 Å². The number of ether oxygens (including phenoxy) is 1. The third kappa shape index (κ3) is 3.39. The molecule has 0 bridgehead atoms. The molecule has 0 radical (unpaired) electrons. The van der Waals surface area contributed by atoms with Gasteiger partial charge in [-0.3, -0.25) is 4.57 Å². The number of aryl methyl sites for hydroxylation is 1. The molecule has 7 nitrogen and oxygen atoms in total. The summed E-state index contributed by atoms with van der Waals surface area (Å²) in [6, 6.07) is 21.6. The number of imidazole rings is 1. The highest BCUT2D eigenvalue weighted by molar-refractivity contribution is 5.78. The van der Waals surface area contributed by atoms with Gasteiger partial charge in [0.1, 0.15) is 23.1 Å². The highest BCUT2D eigenvalue weighted by Gasteiger charge is 2.15. The van der Waals surface area contributed by atoms with Crippen molar-refractivity contribution in [3.63, 3.8) is 0 Å². The fourth-order valence-electron chi connectivity index (χ4n) is 3.32. The van der Waals surface area contributed by atoms with Gasteiger partial charge >= 0.3 is 0 Å². The van der Waals surface area contributed by atoms with Gasteiger partial charge in [-0.25, -0.2) is 14.1 Å². The van der Waals surface area contributed by atoms with Gasteiger partial charge in [-0.1, -0.05) is 12.1 Å². The quantitative estimate of drug-likeness (QED) is 0.445. The highest BCUT2D eigenvalue weighted by atomic mass is 19.1. The second kappa shape index (κ2) is 7.40. The second-order valence-electron chi connectivity index (χ2n) is 6.80. The van der Waals surface area contributed by atoms with E-state index >= 15 is 0 Å². The van der Waals surface area contributed by atoms with E-state index in [1.165, 1.54) is 12.1 Å². The van der Waals surface area contributed by atoms with Crippen LogP contribution in [0.5, 0.6) is 11.5 Å². The van der Waals surface area contributed by atoms with Crippen molar-refractivity contribution in [2.45, 2.75) is 6.42 Å². The Morgan fingerprint density at radius 1 is 0.867 bits per heavy atom. The molecule has 5 rings (SSSR count). The average Bonchev–Trinajstić information content (AvgIpc) is 3.33. The van der Waals surface area contributed by atoms with Crippen LogP contribution in [-0.4, -0.2) is 29.8 Å². The molecule has 8 heteroatoms. The van der Waals surface area contributed by atoms with Crippen LogP contribution >= 0.6 is 0 Å². The molecule has 5 aromatic rings. The zero-order valence-electron chi connectivity index (χ0n) is 16.1. The van der Waals surface area contributed by atoms with Gasteiger partial charge in [0.05, 0.1) is 17.5 Å². The number of benzene rings is 3. The van der Waals surface area contributed by atoms with E-state index in [-0.39, 0.29) is 5.82 Å². The number of hydrogen-bond donors (Lipinski definition) is 0. The van der Waals surface area contributed by atoms with E-state index in [0.29, 0.717) is 17.9 Å². The highest BCUT2D eigenvalue weighted by Crippen LogP contribution is 2.26. The van der Waals surface area contributed by atoms with Crippen molar-refractivity contribution in [3.05, 3.63) is 90.3 Å². The molecule has 2 aromatic heterocycles. The Hall–Kier alpha value is -4.07. The summed E-state index contributed by atoms with van der Waals surface area (Å²) in [6.45, 7) is 0. The molecule has 0 saturated carbocycles. The molecule has 0 fully saturated rings. The van der Waals surface area contributed by atoms with E-state index in [1.54, 1.807) is 16.8 Å². The fraction of sp³-hybridized carbons (Fsp3) is 0.0909. The van der Waals surface area contributed by atoms with Crippen LogP contribution in [0.4, 0.5) is 4.39 Å². The minimum atomic E-state index is -0.296. The summed E-state index contributed by atoms with van der Waals surface area (Å²) in [5.41, 5.74) is 2.84. The van der Waals surface area contributed by atoms with Crippen LogP contribution < -0.4 is 4.74 Å². The Morgan fingerprint density at radius 2 is 1.57 bits per heavy atom. The number of rotatable bonds is 5. The van der Waals surface area contributed by atoms with E-state index in [1.807, 2.05) is 55.6 Å². The van der Waals surface area contributed by atoms with Crippen molar-refractivity contribution < 1.29 is 9.13 Å². The molecule has 0 aliphatic rings. The summed E-state index contributed by atoms with van der Waals surface area (Å²) >= 11 is 0. The molecule has 0 unspecified atom stereocenters. The van der Waals surface area contributed by atoms with E-state index in [9.17, 15) is 4.39 Å². The lowest BCUT2D eigenvalue weighted by molar-refractivity contribution is 0.480. The standard InChI is InChI=1S/C22H17FN6O/c1-28-22(25-26-27-28)14-21-24-19-4-2-3-5-20(19)29(21)16-8-12-18(13-9-16)30-17-10-6-15(23)7-11-17/h2-13H,14H2,1H3. The van der Waals surface area contributed by atoms with Crippen molar-refractivity contribution >= 4 is 11.0 Å². The van der Waals surface area contributed by atoms with Gasteiger partial charge in [0.15, 0.2) is 5.82 Å². The van der Waals surface area contributed by atoms with E-state index in [4.69, 9.17) is 9.72 Å². The van der Waals surface area contributed by atoms with Crippen LogP contribution in [0.15, 0.2) is 72.8 Å². The topological polar surface area (TPSA) is 70.7 Å². The Kier molecular flexibility index (Phi) is 4.44. The summed E-state index contributed by atoms with van der Waals surface area (Å²) in [6.07, 6.45) is 0.492. The molecule has 0 aliphatic heterocycles. The second-order valence-corrected chi connectivity index (χ2v) is 6.80. The van der Waals surface area contributed by atoms with Crippen molar-refractivity contribution in [2.75, 3.05) is 0 Å². The average molecular weight is 400 g/mol. The molecule has 148 valence electrons. The van der Waals surface area contributed by atoms with E-state index in [0.717, 1.165) is 28.4 Å². The number of nitrogens with zero attached hydrogens (tertiary/aromatic N) is 6. The molecule has 0 aliphatic carbocycles. The number of fused-ring (bicyclic) bond motifs is 1.